The first-order valence-electron chi connectivity index (χ1n) is 8.58. The van der Waals surface area contributed by atoms with E-state index in [2.05, 4.69) is 17.1 Å². The van der Waals surface area contributed by atoms with Gasteiger partial charge in [0.05, 0.1) is 6.10 Å². The van der Waals surface area contributed by atoms with Crippen LogP contribution in [0.3, 0.4) is 0 Å². The van der Waals surface area contributed by atoms with Crippen molar-refractivity contribution in [2.75, 3.05) is 26.2 Å². The van der Waals surface area contributed by atoms with Gasteiger partial charge in [-0.25, -0.2) is 0 Å². The number of nitrogens with two attached hydrogens (primary N) is 1. The zero-order valence-electron chi connectivity index (χ0n) is 13.4. The molecule has 1 unspecified atom stereocenters. The number of nitrogens with zero attached hydrogens (tertiary/aromatic N) is 1. The van der Waals surface area contributed by atoms with Crippen LogP contribution in [0.4, 0.5) is 0 Å². The Kier molecular flexibility index (Phi) is 6.93. The monoisotopic (exact) mass is 297 g/mol. The molecule has 2 saturated heterocycles. The van der Waals surface area contributed by atoms with Crippen molar-refractivity contribution in [3.8, 4) is 0 Å². The zero-order valence-corrected chi connectivity index (χ0v) is 13.4. The number of hydrogen-bond acceptors (Lipinski definition) is 4. The number of ether oxygens (including phenoxy) is 1. The maximum absolute atomic E-state index is 11.9. The summed E-state index contributed by atoms with van der Waals surface area (Å²) in [5, 5.41) is 2.99. The van der Waals surface area contributed by atoms with Crippen LogP contribution in [0.15, 0.2) is 0 Å². The first kappa shape index (κ1) is 16.7. The molecular weight excluding hydrogens is 266 g/mol. The van der Waals surface area contributed by atoms with Crippen LogP contribution in [0, 0.1) is 0 Å². The fourth-order valence-corrected chi connectivity index (χ4v) is 3.33. The zero-order chi connectivity index (χ0) is 15.1. The molecule has 2 rings (SSSR count). The van der Waals surface area contributed by atoms with Crippen LogP contribution in [0.1, 0.15) is 51.9 Å². The number of amides is 1. The smallest absolute Gasteiger partial charge is 0.249 e. The topological polar surface area (TPSA) is 67.6 Å². The van der Waals surface area contributed by atoms with Crippen molar-refractivity contribution >= 4 is 5.91 Å². The molecule has 1 amide bonds. The van der Waals surface area contributed by atoms with Crippen LogP contribution in [0.25, 0.3) is 0 Å². The lowest BCUT2D eigenvalue weighted by Crippen LogP contribution is -2.39. The molecule has 0 aromatic carbocycles. The standard InChI is InChI=1S/C16H31N3O2/c1-13-6-2-4-10-19(13)11-5-3-9-18-16(20)15-8-7-14(12-17)21-15/h13-15H,2-12,17H2,1H3,(H,18,20)/t13?,14-,15+/m1/s1. The number of unbranched alkanes of at least 4 members (excludes halogenated alkanes) is 1. The van der Waals surface area contributed by atoms with Gasteiger partial charge in [-0.1, -0.05) is 6.42 Å². The van der Waals surface area contributed by atoms with Crippen molar-refractivity contribution in [2.45, 2.75) is 70.1 Å². The second-order valence-corrected chi connectivity index (χ2v) is 6.44. The van der Waals surface area contributed by atoms with Crippen molar-refractivity contribution in [2.24, 2.45) is 5.73 Å². The van der Waals surface area contributed by atoms with Gasteiger partial charge >= 0.3 is 0 Å². The Labute approximate surface area is 128 Å². The normalized spacial score (nSPS) is 30.5. The van der Waals surface area contributed by atoms with Crippen molar-refractivity contribution < 1.29 is 9.53 Å². The molecule has 5 nitrogen and oxygen atoms in total. The van der Waals surface area contributed by atoms with Gasteiger partial charge in [0.1, 0.15) is 6.10 Å². The van der Waals surface area contributed by atoms with E-state index < -0.39 is 0 Å². The van der Waals surface area contributed by atoms with E-state index in [0.717, 1.165) is 44.8 Å². The van der Waals surface area contributed by atoms with E-state index in [1.807, 2.05) is 0 Å². The molecule has 2 aliphatic rings. The second-order valence-electron chi connectivity index (χ2n) is 6.44. The van der Waals surface area contributed by atoms with Crippen molar-refractivity contribution in [1.82, 2.24) is 10.2 Å². The molecule has 0 aromatic heterocycles. The van der Waals surface area contributed by atoms with Crippen molar-refractivity contribution in [3.63, 3.8) is 0 Å². The maximum atomic E-state index is 11.9. The Hall–Kier alpha value is -0.650. The average molecular weight is 297 g/mol. The van der Waals surface area contributed by atoms with Gasteiger partial charge < -0.3 is 20.7 Å². The first-order valence-corrected chi connectivity index (χ1v) is 8.58. The quantitative estimate of drug-likeness (QED) is 0.694. The summed E-state index contributed by atoms with van der Waals surface area (Å²) >= 11 is 0. The third-order valence-corrected chi connectivity index (χ3v) is 4.77. The van der Waals surface area contributed by atoms with Crippen molar-refractivity contribution in [3.05, 3.63) is 0 Å². The molecule has 0 spiro atoms. The molecule has 0 aliphatic carbocycles. The first-order chi connectivity index (χ1) is 10.2. The molecule has 2 heterocycles. The van der Waals surface area contributed by atoms with E-state index in [1.54, 1.807) is 0 Å². The summed E-state index contributed by atoms with van der Waals surface area (Å²) in [6.45, 7) is 5.99. The summed E-state index contributed by atoms with van der Waals surface area (Å²) in [6, 6.07) is 0.730. The second kappa shape index (κ2) is 8.71. The van der Waals surface area contributed by atoms with E-state index in [4.69, 9.17) is 10.5 Å². The number of piperidine rings is 1. The van der Waals surface area contributed by atoms with E-state index in [-0.39, 0.29) is 18.1 Å². The van der Waals surface area contributed by atoms with E-state index in [1.165, 1.54) is 25.8 Å². The summed E-state index contributed by atoms with van der Waals surface area (Å²) in [4.78, 5) is 14.5. The third kappa shape index (κ3) is 5.24. The van der Waals surface area contributed by atoms with Crippen LogP contribution in [0.2, 0.25) is 0 Å². The molecule has 3 N–H and O–H groups in total. The van der Waals surface area contributed by atoms with Gasteiger partial charge in [0.25, 0.3) is 0 Å². The minimum atomic E-state index is -0.277. The lowest BCUT2D eigenvalue weighted by Gasteiger charge is -2.33. The predicted octanol–water partition coefficient (Wildman–Crippen LogP) is 1.26. The lowest BCUT2D eigenvalue weighted by atomic mass is 10.0. The van der Waals surface area contributed by atoms with Gasteiger partial charge in [-0.3, -0.25) is 4.79 Å². The van der Waals surface area contributed by atoms with Gasteiger partial charge in [-0.15, -0.1) is 0 Å². The van der Waals surface area contributed by atoms with Crippen LogP contribution in [-0.4, -0.2) is 55.2 Å². The Morgan fingerprint density at radius 1 is 1.29 bits per heavy atom. The highest BCUT2D eigenvalue weighted by atomic mass is 16.5. The van der Waals surface area contributed by atoms with Gasteiger partial charge in [0, 0.05) is 19.1 Å². The number of likely N-dealkylation sites (tertiary alicyclic amines) is 1. The predicted molar refractivity (Wildman–Crippen MR) is 84.1 cm³/mol. The number of nitrogens with one attached hydrogen (secondary N) is 1. The molecular formula is C16H31N3O2. The summed E-state index contributed by atoms with van der Waals surface area (Å²) in [6.07, 6.45) is 7.74. The Morgan fingerprint density at radius 3 is 2.86 bits per heavy atom. The fourth-order valence-electron chi connectivity index (χ4n) is 3.33. The SMILES string of the molecule is CC1CCCCN1CCCCNC(=O)[C@@H]1CC[C@H](CN)O1. The largest absolute Gasteiger partial charge is 0.364 e. The van der Waals surface area contributed by atoms with Crippen LogP contribution in [0.5, 0.6) is 0 Å². The molecule has 2 fully saturated rings. The molecule has 0 saturated carbocycles. The number of carbonyl (C=O) groups excluding carboxylic acids is 1. The van der Waals surface area contributed by atoms with Crippen LogP contribution < -0.4 is 11.1 Å². The van der Waals surface area contributed by atoms with Crippen molar-refractivity contribution in [1.29, 1.82) is 0 Å². The molecule has 5 heteroatoms. The minimum absolute atomic E-state index is 0.0392. The summed E-state index contributed by atoms with van der Waals surface area (Å²) in [5.41, 5.74) is 5.56. The van der Waals surface area contributed by atoms with Gasteiger partial charge in [0.2, 0.25) is 5.91 Å². The van der Waals surface area contributed by atoms with Crippen LogP contribution >= 0.6 is 0 Å². The number of rotatable bonds is 7. The molecule has 21 heavy (non-hydrogen) atoms. The Balaban J connectivity index is 1.52. The van der Waals surface area contributed by atoms with E-state index in [0.29, 0.717) is 6.54 Å². The average Bonchev–Trinajstić information content (AvgIpc) is 2.97. The highest BCUT2D eigenvalue weighted by molar-refractivity contribution is 5.80. The molecule has 2 aliphatic heterocycles. The van der Waals surface area contributed by atoms with Gasteiger partial charge in [-0.05, 0) is 58.5 Å². The van der Waals surface area contributed by atoms with E-state index in [9.17, 15) is 4.79 Å². The Bertz CT molecular complexity index is 325. The number of carbonyl (C=O) groups is 1. The van der Waals surface area contributed by atoms with Gasteiger partial charge in [-0.2, -0.15) is 0 Å². The highest BCUT2D eigenvalue weighted by Crippen LogP contribution is 2.19. The minimum Gasteiger partial charge on any atom is -0.364 e. The fraction of sp³-hybridized carbons (Fsp3) is 0.938. The molecule has 0 bridgehead atoms. The summed E-state index contributed by atoms with van der Waals surface area (Å²) in [7, 11) is 0. The summed E-state index contributed by atoms with van der Waals surface area (Å²) < 4.78 is 5.59. The van der Waals surface area contributed by atoms with Crippen LogP contribution in [-0.2, 0) is 9.53 Å². The maximum Gasteiger partial charge on any atom is 0.249 e. The molecule has 122 valence electrons. The Morgan fingerprint density at radius 2 is 2.14 bits per heavy atom. The van der Waals surface area contributed by atoms with Gasteiger partial charge in [0.15, 0.2) is 0 Å². The molecule has 0 radical (unpaired) electrons. The molecule has 0 aromatic rings. The van der Waals surface area contributed by atoms with E-state index >= 15 is 0 Å². The third-order valence-electron chi connectivity index (χ3n) is 4.77. The molecule has 3 atom stereocenters. The highest BCUT2D eigenvalue weighted by Gasteiger charge is 2.29. The lowest BCUT2D eigenvalue weighted by molar-refractivity contribution is -0.131. The summed E-state index contributed by atoms with van der Waals surface area (Å²) in [5.74, 6) is 0.0392. The number of hydrogen-bond donors (Lipinski definition) is 2.